The molecule has 0 aliphatic carbocycles. The molecule has 2 aromatic rings. The Morgan fingerprint density at radius 2 is 1.31 bits per heavy atom. The maximum atomic E-state index is 10.8. The van der Waals surface area contributed by atoms with E-state index in [9.17, 15) is 14.7 Å². The number of allylic oxidation sites excluding steroid dienone is 1. The van der Waals surface area contributed by atoms with Gasteiger partial charge in [-0.1, -0.05) is 32.7 Å². The quantitative estimate of drug-likeness (QED) is 0.208. The maximum absolute atomic E-state index is 10.8. The van der Waals surface area contributed by atoms with Gasteiger partial charge in [-0.25, -0.2) is 0 Å². The number of nitrogens with two attached hydrogens (primary N) is 1. The van der Waals surface area contributed by atoms with E-state index in [1.165, 1.54) is 30.3 Å². The molecule has 0 aliphatic rings. The van der Waals surface area contributed by atoms with Crippen LogP contribution < -0.4 is 11.1 Å². The van der Waals surface area contributed by atoms with Crippen LogP contribution in [0.1, 0.15) is 18.6 Å². The smallest absolute Gasteiger partial charge is 0.244 e. The van der Waals surface area contributed by atoms with Crippen LogP contribution in [-0.4, -0.2) is 44.7 Å². The zero-order chi connectivity index (χ0) is 23.8. The van der Waals surface area contributed by atoms with Crippen molar-refractivity contribution < 1.29 is 30.0 Å². The van der Waals surface area contributed by atoms with Gasteiger partial charge in [0.1, 0.15) is 0 Å². The third-order valence-corrected chi connectivity index (χ3v) is 3.73. The molecule has 2 aromatic carbocycles. The zero-order valence-electron chi connectivity index (χ0n) is 16.9. The number of aromatic hydroxyl groups is 4. The van der Waals surface area contributed by atoms with E-state index < -0.39 is 5.24 Å². The van der Waals surface area contributed by atoms with Crippen LogP contribution in [0.4, 0.5) is 0 Å². The number of amides is 1. The van der Waals surface area contributed by atoms with Gasteiger partial charge in [-0.15, -0.1) is 0 Å². The molecule has 0 saturated carbocycles. The van der Waals surface area contributed by atoms with Crippen molar-refractivity contribution >= 4 is 22.8 Å². The fourth-order valence-corrected chi connectivity index (χ4v) is 2.02. The van der Waals surface area contributed by atoms with Gasteiger partial charge in [-0.3, -0.25) is 9.59 Å². The fraction of sp³-hybridized carbons (Fsp3) is 0.217. The number of hydrogen-bond donors (Lipinski definition) is 6. The second-order valence-electron chi connectivity index (χ2n) is 5.94. The van der Waals surface area contributed by atoms with Crippen LogP contribution >= 0.6 is 11.6 Å². The van der Waals surface area contributed by atoms with E-state index >= 15 is 0 Å². The first-order valence-electron chi connectivity index (χ1n) is 9.08. The molecular formula is C23H31ClN2O6. The molecular weight excluding hydrogens is 436 g/mol. The predicted molar refractivity (Wildman–Crippen MR) is 127 cm³/mol. The SMILES string of the molecule is C.C=CC(=O)Cl.C=CC(=O)NCCc1ccc(O)c(O)c1.NCCc1ccc(O)c(O)c1. The van der Waals surface area contributed by atoms with E-state index in [-0.39, 0.29) is 36.3 Å². The topological polar surface area (TPSA) is 153 Å². The highest BCUT2D eigenvalue weighted by atomic mass is 35.5. The van der Waals surface area contributed by atoms with Crippen LogP contribution in [0.5, 0.6) is 23.0 Å². The highest BCUT2D eigenvalue weighted by molar-refractivity contribution is 6.66. The van der Waals surface area contributed by atoms with Gasteiger partial charge in [0, 0.05) is 6.54 Å². The van der Waals surface area contributed by atoms with E-state index in [0.29, 0.717) is 25.9 Å². The number of nitrogens with one attached hydrogen (secondary N) is 1. The van der Waals surface area contributed by atoms with Gasteiger partial charge >= 0.3 is 0 Å². The molecule has 1 amide bonds. The average Bonchev–Trinajstić information content (AvgIpc) is 2.74. The first kappa shape index (κ1) is 30.7. The van der Waals surface area contributed by atoms with Crippen molar-refractivity contribution in [2.24, 2.45) is 5.73 Å². The summed E-state index contributed by atoms with van der Waals surface area (Å²) in [5.41, 5.74) is 7.08. The summed E-state index contributed by atoms with van der Waals surface area (Å²) in [5.74, 6) is -0.698. The van der Waals surface area contributed by atoms with Gasteiger partial charge < -0.3 is 31.5 Å². The maximum Gasteiger partial charge on any atom is 0.244 e. The van der Waals surface area contributed by atoms with E-state index in [0.717, 1.165) is 17.2 Å². The minimum Gasteiger partial charge on any atom is -0.504 e. The number of hydrogen-bond acceptors (Lipinski definition) is 7. The Hall–Kier alpha value is -3.49. The first-order valence-corrected chi connectivity index (χ1v) is 9.46. The molecule has 32 heavy (non-hydrogen) atoms. The highest BCUT2D eigenvalue weighted by Crippen LogP contribution is 2.25. The van der Waals surface area contributed by atoms with Crippen LogP contribution in [-0.2, 0) is 22.4 Å². The molecule has 0 saturated heterocycles. The number of carbonyl (C=O) groups is 2. The van der Waals surface area contributed by atoms with Crippen molar-refractivity contribution in [1.29, 1.82) is 0 Å². The minimum atomic E-state index is -0.509. The van der Waals surface area contributed by atoms with E-state index in [2.05, 4.69) is 18.5 Å². The number of rotatable bonds is 7. The van der Waals surface area contributed by atoms with Crippen molar-refractivity contribution in [2.45, 2.75) is 20.3 Å². The van der Waals surface area contributed by atoms with E-state index in [1.807, 2.05) is 0 Å². The summed E-state index contributed by atoms with van der Waals surface area (Å²) >= 11 is 4.71. The lowest BCUT2D eigenvalue weighted by Gasteiger charge is -2.04. The van der Waals surface area contributed by atoms with Crippen molar-refractivity contribution in [2.75, 3.05) is 13.1 Å². The van der Waals surface area contributed by atoms with Crippen LogP contribution in [0.3, 0.4) is 0 Å². The van der Waals surface area contributed by atoms with Gasteiger partial charge in [0.25, 0.3) is 0 Å². The molecule has 8 nitrogen and oxygen atoms in total. The molecule has 9 heteroatoms. The predicted octanol–water partition coefficient (Wildman–Crippen LogP) is 3.12. The summed E-state index contributed by atoms with van der Waals surface area (Å²) in [7, 11) is 0. The van der Waals surface area contributed by atoms with Crippen molar-refractivity contribution in [3.05, 3.63) is 72.8 Å². The van der Waals surface area contributed by atoms with Gasteiger partial charge in [-0.05, 0) is 78.5 Å². The third kappa shape index (κ3) is 13.7. The third-order valence-electron chi connectivity index (χ3n) is 3.57. The number of phenolic OH excluding ortho intramolecular Hbond substituents is 4. The number of halogens is 1. The zero-order valence-corrected chi connectivity index (χ0v) is 17.7. The van der Waals surface area contributed by atoms with E-state index in [4.69, 9.17) is 32.7 Å². The van der Waals surface area contributed by atoms with Crippen LogP contribution in [0.15, 0.2) is 61.7 Å². The number of benzene rings is 2. The monoisotopic (exact) mass is 466 g/mol. The van der Waals surface area contributed by atoms with Gasteiger partial charge in [0.2, 0.25) is 11.1 Å². The fourth-order valence-electron chi connectivity index (χ4n) is 2.02. The van der Waals surface area contributed by atoms with Gasteiger partial charge in [-0.2, -0.15) is 0 Å². The molecule has 0 spiro atoms. The summed E-state index contributed by atoms with van der Waals surface area (Å²) in [6, 6.07) is 9.29. The minimum absolute atomic E-state index is 0. The van der Waals surface area contributed by atoms with Crippen molar-refractivity contribution in [3.8, 4) is 23.0 Å². The molecule has 0 bridgehead atoms. The number of phenols is 4. The highest BCUT2D eigenvalue weighted by Gasteiger charge is 2.01. The summed E-state index contributed by atoms with van der Waals surface area (Å²) in [5, 5.41) is 38.3. The average molecular weight is 467 g/mol. The lowest BCUT2D eigenvalue weighted by molar-refractivity contribution is -0.116. The molecule has 0 aliphatic heterocycles. The van der Waals surface area contributed by atoms with Crippen molar-refractivity contribution in [3.63, 3.8) is 0 Å². The van der Waals surface area contributed by atoms with Crippen LogP contribution in [0.25, 0.3) is 0 Å². The Bertz CT molecular complexity index is 887. The molecule has 7 N–H and O–H groups in total. The van der Waals surface area contributed by atoms with Gasteiger partial charge in [0.05, 0.1) is 0 Å². The Morgan fingerprint density at radius 3 is 1.66 bits per heavy atom. The Kier molecular flexibility index (Phi) is 16.5. The molecule has 0 fully saturated rings. The molecule has 0 heterocycles. The first-order chi connectivity index (χ1) is 14.6. The number of carbonyl (C=O) groups excluding carboxylic acids is 2. The lowest BCUT2D eigenvalue weighted by Crippen LogP contribution is -2.23. The molecule has 176 valence electrons. The standard InChI is InChI=1S/C11H13NO3.C8H11NO2.C3H3ClO.CH4/c1-2-11(15)12-6-5-8-3-4-9(13)10(14)7-8;9-4-3-6-1-2-7(10)8(11)5-6;1-2-3(4)5;/h2-4,7,13-14H,1,5-6H2,(H,12,15);1-2,5,10-11H,3-4,9H2;2H,1H2;1H4. The van der Waals surface area contributed by atoms with Crippen molar-refractivity contribution in [1.82, 2.24) is 5.32 Å². The molecule has 0 aromatic heterocycles. The second kappa shape index (κ2) is 17.2. The van der Waals surface area contributed by atoms with E-state index in [1.54, 1.807) is 12.1 Å². The molecule has 0 atom stereocenters. The summed E-state index contributed by atoms with van der Waals surface area (Å²) < 4.78 is 0. The summed E-state index contributed by atoms with van der Waals surface area (Å²) in [6.45, 7) is 7.42. The van der Waals surface area contributed by atoms with Crippen LogP contribution in [0.2, 0.25) is 0 Å². The largest absolute Gasteiger partial charge is 0.504 e. The normalized spacial score (nSPS) is 8.94. The van der Waals surface area contributed by atoms with Gasteiger partial charge in [0.15, 0.2) is 23.0 Å². The lowest BCUT2D eigenvalue weighted by atomic mass is 10.1. The molecule has 0 unspecified atom stereocenters. The molecule has 0 radical (unpaired) electrons. The van der Waals surface area contributed by atoms with Crippen LogP contribution in [0, 0.1) is 0 Å². The summed E-state index contributed by atoms with van der Waals surface area (Å²) in [6.07, 6.45) is 3.55. The summed E-state index contributed by atoms with van der Waals surface area (Å²) in [4.78, 5) is 20.3. The second-order valence-corrected chi connectivity index (χ2v) is 6.31. The molecule has 2 rings (SSSR count). The Labute approximate surface area is 193 Å². The Morgan fingerprint density at radius 1 is 0.875 bits per heavy atom. The Balaban J connectivity index is 0.